The van der Waals surface area contributed by atoms with Crippen LogP contribution in [0, 0.1) is 5.92 Å². The normalized spacial score (nSPS) is 10.4. The second-order valence-corrected chi connectivity index (χ2v) is 5.91. The third-order valence-electron chi connectivity index (χ3n) is 2.99. The molecule has 2 aromatic rings. The zero-order valence-corrected chi connectivity index (χ0v) is 13.7. The second kappa shape index (κ2) is 7.74. The minimum Gasteiger partial charge on any atom is -0.350 e. The average Bonchev–Trinajstić information content (AvgIpc) is 2.54. The lowest BCUT2D eigenvalue weighted by atomic mass is 10.2. The molecule has 0 aliphatic carbocycles. The summed E-state index contributed by atoms with van der Waals surface area (Å²) in [5.74, 6) is -0.332. The molecule has 0 saturated heterocycles. The molecule has 1 aromatic heterocycles. The SMILES string of the molecule is CC(C)CNC(=O)c1cccc(C(=O)Nc2ccc(Cl)cc2)n1. The number of hydrogen-bond acceptors (Lipinski definition) is 3. The second-order valence-electron chi connectivity index (χ2n) is 5.47. The lowest BCUT2D eigenvalue weighted by Gasteiger charge is -2.08. The molecule has 5 nitrogen and oxygen atoms in total. The van der Waals surface area contributed by atoms with E-state index in [1.165, 1.54) is 0 Å². The zero-order chi connectivity index (χ0) is 16.8. The van der Waals surface area contributed by atoms with E-state index in [4.69, 9.17) is 11.6 Å². The number of nitrogens with zero attached hydrogens (tertiary/aromatic N) is 1. The van der Waals surface area contributed by atoms with E-state index in [-0.39, 0.29) is 23.2 Å². The van der Waals surface area contributed by atoms with Gasteiger partial charge in [0.1, 0.15) is 11.4 Å². The molecule has 2 amide bonds. The van der Waals surface area contributed by atoms with Crippen molar-refractivity contribution in [3.8, 4) is 0 Å². The fraction of sp³-hybridized carbons (Fsp3) is 0.235. The molecule has 6 heteroatoms. The van der Waals surface area contributed by atoms with Gasteiger partial charge in [-0.3, -0.25) is 9.59 Å². The van der Waals surface area contributed by atoms with Gasteiger partial charge in [-0.15, -0.1) is 0 Å². The van der Waals surface area contributed by atoms with E-state index < -0.39 is 0 Å². The van der Waals surface area contributed by atoms with Crippen LogP contribution in [0.15, 0.2) is 42.5 Å². The summed E-state index contributed by atoms with van der Waals surface area (Å²) in [5.41, 5.74) is 1.00. The molecule has 0 fully saturated rings. The Labute approximate surface area is 140 Å². The number of aromatic nitrogens is 1. The van der Waals surface area contributed by atoms with Crippen LogP contribution in [0.25, 0.3) is 0 Å². The third kappa shape index (κ3) is 5.07. The van der Waals surface area contributed by atoms with E-state index in [9.17, 15) is 9.59 Å². The van der Waals surface area contributed by atoms with Gasteiger partial charge in [-0.25, -0.2) is 4.98 Å². The summed E-state index contributed by atoms with van der Waals surface area (Å²) in [6.07, 6.45) is 0. The van der Waals surface area contributed by atoms with E-state index in [2.05, 4.69) is 15.6 Å². The molecule has 0 atom stereocenters. The lowest BCUT2D eigenvalue weighted by molar-refractivity contribution is 0.0944. The van der Waals surface area contributed by atoms with Crippen molar-refractivity contribution in [1.82, 2.24) is 10.3 Å². The van der Waals surface area contributed by atoms with E-state index in [1.807, 2.05) is 13.8 Å². The van der Waals surface area contributed by atoms with Crippen molar-refractivity contribution in [2.75, 3.05) is 11.9 Å². The number of benzene rings is 1. The van der Waals surface area contributed by atoms with Gasteiger partial charge in [0, 0.05) is 17.3 Å². The van der Waals surface area contributed by atoms with Gasteiger partial charge in [0.25, 0.3) is 11.8 Å². The largest absolute Gasteiger partial charge is 0.350 e. The van der Waals surface area contributed by atoms with Crippen LogP contribution in [0.3, 0.4) is 0 Å². The maximum Gasteiger partial charge on any atom is 0.274 e. The fourth-order valence-corrected chi connectivity index (χ4v) is 1.93. The summed E-state index contributed by atoms with van der Waals surface area (Å²) < 4.78 is 0. The number of carbonyl (C=O) groups is 2. The van der Waals surface area contributed by atoms with Crippen LogP contribution < -0.4 is 10.6 Å². The molecule has 0 unspecified atom stereocenters. The molecule has 0 saturated carbocycles. The van der Waals surface area contributed by atoms with Gasteiger partial charge < -0.3 is 10.6 Å². The highest BCUT2D eigenvalue weighted by Crippen LogP contribution is 2.14. The topological polar surface area (TPSA) is 71.1 Å². The van der Waals surface area contributed by atoms with E-state index >= 15 is 0 Å². The monoisotopic (exact) mass is 331 g/mol. The van der Waals surface area contributed by atoms with Gasteiger partial charge in [-0.05, 0) is 42.3 Å². The van der Waals surface area contributed by atoms with Gasteiger partial charge in [-0.2, -0.15) is 0 Å². The molecule has 23 heavy (non-hydrogen) atoms. The Morgan fingerprint density at radius 3 is 2.26 bits per heavy atom. The van der Waals surface area contributed by atoms with Crippen LogP contribution in [0.1, 0.15) is 34.8 Å². The molecule has 2 N–H and O–H groups in total. The first-order valence-corrected chi connectivity index (χ1v) is 7.65. The maximum absolute atomic E-state index is 12.2. The number of anilines is 1. The Morgan fingerprint density at radius 1 is 1.04 bits per heavy atom. The summed E-state index contributed by atoms with van der Waals surface area (Å²) >= 11 is 5.80. The Morgan fingerprint density at radius 2 is 1.65 bits per heavy atom. The van der Waals surface area contributed by atoms with Gasteiger partial charge >= 0.3 is 0 Å². The Bertz CT molecular complexity index is 699. The molecule has 1 heterocycles. The zero-order valence-electron chi connectivity index (χ0n) is 13.0. The first kappa shape index (κ1) is 17.0. The van der Waals surface area contributed by atoms with Gasteiger partial charge in [-0.1, -0.05) is 31.5 Å². The fourth-order valence-electron chi connectivity index (χ4n) is 1.80. The van der Waals surface area contributed by atoms with Crippen molar-refractivity contribution in [2.45, 2.75) is 13.8 Å². The average molecular weight is 332 g/mol. The molecular weight excluding hydrogens is 314 g/mol. The first-order valence-electron chi connectivity index (χ1n) is 7.28. The maximum atomic E-state index is 12.2. The summed E-state index contributed by atoms with van der Waals surface area (Å²) in [4.78, 5) is 28.3. The molecule has 120 valence electrons. The highest BCUT2D eigenvalue weighted by molar-refractivity contribution is 6.30. The number of amides is 2. The van der Waals surface area contributed by atoms with Gasteiger partial charge in [0.2, 0.25) is 0 Å². The minimum absolute atomic E-state index is 0.178. The lowest BCUT2D eigenvalue weighted by Crippen LogP contribution is -2.28. The highest BCUT2D eigenvalue weighted by Gasteiger charge is 2.12. The number of nitrogens with one attached hydrogen (secondary N) is 2. The van der Waals surface area contributed by atoms with Crippen molar-refractivity contribution >= 4 is 29.1 Å². The van der Waals surface area contributed by atoms with Crippen LogP contribution in [0.2, 0.25) is 5.02 Å². The standard InChI is InChI=1S/C17H18ClN3O2/c1-11(2)10-19-16(22)14-4-3-5-15(21-14)17(23)20-13-8-6-12(18)7-9-13/h3-9,11H,10H2,1-2H3,(H,19,22)(H,20,23). The summed E-state index contributed by atoms with van der Waals surface area (Å²) in [6, 6.07) is 11.5. The summed E-state index contributed by atoms with van der Waals surface area (Å²) in [7, 11) is 0. The minimum atomic E-state index is -0.383. The molecule has 2 rings (SSSR count). The molecule has 1 aromatic carbocycles. The van der Waals surface area contributed by atoms with Crippen molar-refractivity contribution < 1.29 is 9.59 Å². The van der Waals surface area contributed by atoms with Crippen molar-refractivity contribution in [3.63, 3.8) is 0 Å². The number of hydrogen-bond donors (Lipinski definition) is 2. The van der Waals surface area contributed by atoms with Crippen molar-refractivity contribution in [1.29, 1.82) is 0 Å². The number of carbonyl (C=O) groups excluding carboxylic acids is 2. The van der Waals surface area contributed by atoms with Crippen LogP contribution in [-0.2, 0) is 0 Å². The highest BCUT2D eigenvalue weighted by atomic mass is 35.5. The molecular formula is C17H18ClN3O2. The molecule has 0 spiro atoms. The van der Waals surface area contributed by atoms with Gasteiger partial charge in [0.15, 0.2) is 0 Å². The predicted molar refractivity (Wildman–Crippen MR) is 90.8 cm³/mol. The molecule has 0 aliphatic rings. The molecule has 0 radical (unpaired) electrons. The van der Waals surface area contributed by atoms with Crippen LogP contribution >= 0.6 is 11.6 Å². The Hall–Kier alpha value is -2.40. The quantitative estimate of drug-likeness (QED) is 0.882. The first-order chi connectivity index (χ1) is 11.0. The summed E-state index contributed by atoms with van der Waals surface area (Å²) in [6.45, 7) is 4.56. The Kier molecular flexibility index (Phi) is 5.71. The Balaban J connectivity index is 2.07. The number of halogens is 1. The van der Waals surface area contributed by atoms with Crippen LogP contribution in [-0.4, -0.2) is 23.3 Å². The van der Waals surface area contributed by atoms with Crippen LogP contribution in [0.5, 0.6) is 0 Å². The van der Waals surface area contributed by atoms with E-state index in [1.54, 1.807) is 42.5 Å². The smallest absolute Gasteiger partial charge is 0.274 e. The van der Waals surface area contributed by atoms with Crippen LogP contribution in [0.4, 0.5) is 5.69 Å². The number of pyridine rings is 1. The number of rotatable bonds is 5. The van der Waals surface area contributed by atoms with Gasteiger partial charge in [0.05, 0.1) is 0 Å². The third-order valence-corrected chi connectivity index (χ3v) is 3.24. The molecule has 0 aliphatic heterocycles. The van der Waals surface area contributed by atoms with Crippen molar-refractivity contribution in [3.05, 3.63) is 58.9 Å². The summed E-state index contributed by atoms with van der Waals surface area (Å²) in [5, 5.41) is 6.07. The van der Waals surface area contributed by atoms with E-state index in [0.29, 0.717) is 23.2 Å². The molecule has 0 bridgehead atoms. The van der Waals surface area contributed by atoms with Crippen molar-refractivity contribution in [2.24, 2.45) is 5.92 Å². The van der Waals surface area contributed by atoms with E-state index in [0.717, 1.165) is 0 Å². The predicted octanol–water partition coefficient (Wildman–Crippen LogP) is 3.37.